The Morgan fingerprint density at radius 3 is 2.40 bits per heavy atom. The highest BCUT2D eigenvalue weighted by atomic mass is 35.5. The molecule has 0 fully saturated rings. The Labute approximate surface area is 154 Å². The van der Waals surface area contributed by atoms with Gasteiger partial charge in [0.2, 0.25) is 0 Å². The molecule has 2 aromatic carbocycles. The number of para-hydroxylation sites is 2. The number of amides is 1. The van der Waals surface area contributed by atoms with Crippen LogP contribution in [0.25, 0.3) is 11.0 Å². The predicted octanol–water partition coefficient (Wildman–Crippen LogP) is 4.03. The monoisotopic (exact) mass is 372 g/mol. The van der Waals surface area contributed by atoms with Crippen molar-refractivity contribution >= 4 is 51.8 Å². The highest BCUT2D eigenvalue weighted by Gasteiger charge is 2.30. The summed E-state index contributed by atoms with van der Waals surface area (Å²) in [4.78, 5) is 26.0. The molecule has 0 unspecified atom stereocenters. The van der Waals surface area contributed by atoms with Crippen LogP contribution in [0.1, 0.15) is 10.4 Å². The minimum Gasteiger partial charge on any atom is -0.355 e. The Hall–Kier alpha value is -2.37. The van der Waals surface area contributed by atoms with E-state index in [0.717, 1.165) is 11.0 Å². The number of likely N-dealkylation sites (N-methyl/N-ethyl adjacent to an activating group) is 1. The van der Waals surface area contributed by atoms with Crippen LogP contribution in [-0.2, 0) is 0 Å². The third-order valence-electron chi connectivity index (χ3n) is 4.21. The van der Waals surface area contributed by atoms with Crippen molar-refractivity contribution in [1.82, 2.24) is 9.97 Å². The molecule has 3 aromatic rings. The number of carbonyl (C=O) groups excluding carboxylic acids is 1. The van der Waals surface area contributed by atoms with Crippen LogP contribution in [0.4, 0.5) is 11.6 Å². The molecule has 126 valence electrons. The molecule has 5 nitrogen and oxygen atoms in total. The van der Waals surface area contributed by atoms with Crippen molar-refractivity contribution < 1.29 is 4.79 Å². The standard InChI is InChI=1S/C18H14Cl2N4O/c1-23-8-9-24(18(25)12-10-11(19)6-7-13(12)20)17-16(23)21-14-4-2-3-5-15(14)22-17/h2-7,10H,8-9H2,1H3. The van der Waals surface area contributed by atoms with E-state index in [1.807, 2.05) is 36.2 Å². The molecule has 1 aliphatic rings. The van der Waals surface area contributed by atoms with Crippen molar-refractivity contribution in [2.24, 2.45) is 0 Å². The molecule has 0 aliphatic carbocycles. The molecule has 0 radical (unpaired) electrons. The van der Waals surface area contributed by atoms with Gasteiger partial charge in [-0.3, -0.25) is 9.69 Å². The minimum absolute atomic E-state index is 0.230. The summed E-state index contributed by atoms with van der Waals surface area (Å²) < 4.78 is 0. The van der Waals surface area contributed by atoms with E-state index in [0.29, 0.717) is 40.3 Å². The second-order valence-electron chi connectivity index (χ2n) is 5.86. The summed E-state index contributed by atoms with van der Waals surface area (Å²) in [5, 5.41) is 0.829. The van der Waals surface area contributed by atoms with Crippen molar-refractivity contribution in [2.75, 3.05) is 29.9 Å². The number of nitrogens with zero attached hydrogens (tertiary/aromatic N) is 4. The quantitative estimate of drug-likeness (QED) is 0.646. The molecule has 25 heavy (non-hydrogen) atoms. The maximum atomic E-state index is 13.1. The number of hydrogen-bond donors (Lipinski definition) is 0. The first-order valence-corrected chi connectivity index (χ1v) is 8.55. The summed E-state index contributed by atoms with van der Waals surface area (Å²) in [5.74, 6) is 0.983. The molecule has 7 heteroatoms. The molecule has 1 amide bonds. The fourth-order valence-electron chi connectivity index (χ4n) is 2.88. The van der Waals surface area contributed by atoms with E-state index in [1.54, 1.807) is 23.1 Å². The zero-order chi connectivity index (χ0) is 17.6. The third kappa shape index (κ3) is 2.79. The Kier molecular flexibility index (Phi) is 3.98. The van der Waals surface area contributed by atoms with E-state index in [4.69, 9.17) is 23.2 Å². The van der Waals surface area contributed by atoms with E-state index in [-0.39, 0.29) is 5.91 Å². The molecule has 1 aliphatic heterocycles. The maximum Gasteiger partial charge on any atom is 0.261 e. The molecule has 2 heterocycles. The van der Waals surface area contributed by atoms with Crippen LogP contribution < -0.4 is 9.80 Å². The lowest BCUT2D eigenvalue weighted by Crippen LogP contribution is -2.43. The first kappa shape index (κ1) is 16.1. The van der Waals surface area contributed by atoms with Gasteiger partial charge in [-0.15, -0.1) is 0 Å². The molecule has 4 rings (SSSR count). The molecular formula is C18H14Cl2N4O. The van der Waals surface area contributed by atoms with E-state index >= 15 is 0 Å². The topological polar surface area (TPSA) is 49.3 Å². The van der Waals surface area contributed by atoms with Crippen LogP contribution in [0.5, 0.6) is 0 Å². The maximum absolute atomic E-state index is 13.1. The molecule has 1 aromatic heterocycles. The Morgan fingerprint density at radius 1 is 1.00 bits per heavy atom. The number of halogens is 2. The van der Waals surface area contributed by atoms with Crippen molar-refractivity contribution in [3.63, 3.8) is 0 Å². The lowest BCUT2D eigenvalue weighted by atomic mass is 10.1. The second kappa shape index (κ2) is 6.17. The molecule has 0 N–H and O–H groups in total. The van der Waals surface area contributed by atoms with Crippen molar-refractivity contribution in [3.8, 4) is 0 Å². The summed E-state index contributed by atoms with van der Waals surface area (Å²) >= 11 is 12.2. The number of benzene rings is 2. The lowest BCUT2D eigenvalue weighted by Gasteiger charge is -2.34. The van der Waals surface area contributed by atoms with Crippen LogP contribution in [0, 0.1) is 0 Å². The molecule has 0 saturated carbocycles. The smallest absolute Gasteiger partial charge is 0.261 e. The summed E-state index contributed by atoms with van der Waals surface area (Å²) in [7, 11) is 1.94. The van der Waals surface area contributed by atoms with Gasteiger partial charge in [0.1, 0.15) is 0 Å². The van der Waals surface area contributed by atoms with Gasteiger partial charge in [-0.1, -0.05) is 35.3 Å². The fourth-order valence-corrected chi connectivity index (χ4v) is 3.26. The first-order chi connectivity index (χ1) is 12.0. The van der Waals surface area contributed by atoms with Crippen molar-refractivity contribution in [1.29, 1.82) is 0 Å². The summed E-state index contributed by atoms with van der Waals surface area (Å²) in [5.41, 5.74) is 1.90. The summed E-state index contributed by atoms with van der Waals surface area (Å²) in [6.07, 6.45) is 0. The van der Waals surface area contributed by atoms with E-state index in [9.17, 15) is 4.79 Å². The third-order valence-corrected chi connectivity index (χ3v) is 4.78. The van der Waals surface area contributed by atoms with Gasteiger partial charge < -0.3 is 4.90 Å². The van der Waals surface area contributed by atoms with Gasteiger partial charge in [0.25, 0.3) is 5.91 Å². The average Bonchev–Trinajstić information content (AvgIpc) is 2.62. The highest BCUT2D eigenvalue weighted by Crippen LogP contribution is 2.33. The van der Waals surface area contributed by atoms with Gasteiger partial charge in [0.05, 0.1) is 21.6 Å². The zero-order valence-electron chi connectivity index (χ0n) is 13.4. The van der Waals surface area contributed by atoms with Gasteiger partial charge in [-0.05, 0) is 30.3 Å². The number of carbonyl (C=O) groups is 1. The molecule has 0 saturated heterocycles. The Balaban J connectivity index is 1.85. The number of fused-ring (bicyclic) bond motifs is 2. The van der Waals surface area contributed by atoms with Gasteiger partial charge in [-0.25, -0.2) is 9.97 Å². The van der Waals surface area contributed by atoms with Crippen LogP contribution in [0.2, 0.25) is 10.0 Å². The number of anilines is 2. The SMILES string of the molecule is CN1CCN(C(=O)c2cc(Cl)ccc2Cl)c2nc3ccccc3nc21. The van der Waals surface area contributed by atoms with E-state index in [1.165, 1.54) is 0 Å². The molecule has 0 bridgehead atoms. The summed E-state index contributed by atoms with van der Waals surface area (Å²) in [6, 6.07) is 12.5. The number of hydrogen-bond acceptors (Lipinski definition) is 4. The molecule has 0 spiro atoms. The van der Waals surface area contributed by atoms with Gasteiger partial charge in [0.15, 0.2) is 11.6 Å². The minimum atomic E-state index is -0.230. The number of rotatable bonds is 1. The summed E-state index contributed by atoms with van der Waals surface area (Å²) in [6.45, 7) is 1.15. The van der Waals surface area contributed by atoms with Crippen LogP contribution in [-0.4, -0.2) is 36.0 Å². The normalized spacial score (nSPS) is 13.9. The van der Waals surface area contributed by atoms with Crippen LogP contribution in [0.15, 0.2) is 42.5 Å². The number of aromatic nitrogens is 2. The van der Waals surface area contributed by atoms with Gasteiger partial charge >= 0.3 is 0 Å². The zero-order valence-corrected chi connectivity index (χ0v) is 14.9. The molecular weight excluding hydrogens is 359 g/mol. The van der Waals surface area contributed by atoms with Crippen molar-refractivity contribution in [3.05, 3.63) is 58.1 Å². The predicted molar refractivity (Wildman–Crippen MR) is 101 cm³/mol. The van der Waals surface area contributed by atoms with E-state index < -0.39 is 0 Å². The van der Waals surface area contributed by atoms with E-state index in [2.05, 4.69) is 9.97 Å². The average molecular weight is 373 g/mol. The molecule has 0 atom stereocenters. The van der Waals surface area contributed by atoms with Gasteiger partial charge in [0, 0.05) is 25.2 Å². The fraction of sp³-hybridized carbons (Fsp3) is 0.167. The largest absolute Gasteiger partial charge is 0.355 e. The Morgan fingerprint density at radius 2 is 1.68 bits per heavy atom. The first-order valence-electron chi connectivity index (χ1n) is 7.79. The van der Waals surface area contributed by atoms with Gasteiger partial charge in [-0.2, -0.15) is 0 Å². The van der Waals surface area contributed by atoms with Crippen molar-refractivity contribution in [2.45, 2.75) is 0 Å². The van der Waals surface area contributed by atoms with Crippen LogP contribution in [0.3, 0.4) is 0 Å². The highest BCUT2D eigenvalue weighted by molar-refractivity contribution is 6.36. The second-order valence-corrected chi connectivity index (χ2v) is 6.71. The lowest BCUT2D eigenvalue weighted by molar-refractivity contribution is 0.0986. The Bertz CT molecular complexity index is 992. The van der Waals surface area contributed by atoms with Crippen LogP contribution >= 0.6 is 23.2 Å².